The molecule has 0 bridgehead atoms. The number of aliphatic hydroxyl groups excluding tert-OH is 1. The first-order valence-electron chi connectivity index (χ1n) is 8.04. The molecule has 0 saturated heterocycles. The van der Waals surface area contributed by atoms with Gasteiger partial charge in [-0.3, -0.25) is 0 Å². The lowest BCUT2D eigenvalue weighted by Gasteiger charge is -2.26. The molecule has 1 atom stereocenters. The smallest absolute Gasteiger partial charge is 0.0916 e. The van der Waals surface area contributed by atoms with Crippen LogP contribution in [0.4, 0.5) is 0 Å². The van der Waals surface area contributed by atoms with Crippen molar-refractivity contribution in [3.63, 3.8) is 0 Å². The topological polar surface area (TPSA) is 23.5 Å². The van der Waals surface area contributed by atoms with Crippen molar-refractivity contribution >= 4 is 11.6 Å². The van der Waals surface area contributed by atoms with Gasteiger partial charge in [0.25, 0.3) is 0 Å². The van der Waals surface area contributed by atoms with Gasteiger partial charge in [-0.2, -0.15) is 0 Å². The third kappa shape index (κ3) is 7.85. The summed E-state index contributed by atoms with van der Waals surface area (Å²) in [7, 11) is 0. The third-order valence-corrected chi connectivity index (χ3v) is 3.98. The Labute approximate surface area is 135 Å². The Morgan fingerprint density at radius 2 is 1.43 bits per heavy atom. The number of hydrogen-bond donors (Lipinski definition) is 1. The van der Waals surface area contributed by atoms with Crippen molar-refractivity contribution in [3.05, 3.63) is 34.9 Å². The molecular formula is C18H30ClNO. The fraction of sp³-hybridized carbons (Fsp3) is 0.667. The highest BCUT2D eigenvalue weighted by atomic mass is 35.5. The maximum absolute atomic E-state index is 10.4. The molecule has 0 aliphatic rings. The van der Waals surface area contributed by atoms with Gasteiger partial charge in [-0.15, -0.1) is 0 Å². The summed E-state index contributed by atoms with van der Waals surface area (Å²) in [6, 6.07) is 7.51. The van der Waals surface area contributed by atoms with Gasteiger partial charge in [0, 0.05) is 11.6 Å². The first-order valence-corrected chi connectivity index (χ1v) is 8.42. The second-order valence-corrected chi connectivity index (χ2v) is 7.17. The van der Waals surface area contributed by atoms with E-state index in [-0.39, 0.29) is 0 Å². The largest absolute Gasteiger partial charge is 0.387 e. The van der Waals surface area contributed by atoms with Crippen molar-refractivity contribution in [1.29, 1.82) is 0 Å². The van der Waals surface area contributed by atoms with Crippen LogP contribution in [0.15, 0.2) is 24.3 Å². The van der Waals surface area contributed by atoms with Crippen LogP contribution in [0.2, 0.25) is 5.02 Å². The summed E-state index contributed by atoms with van der Waals surface area (Å²) in [6.45, 7) is 11.8. The molecule has 1 unspecified atom stereocenters. The standard InChI is InChI=1S/C18H30ClNO/c1-14(2)9-11-20(12-10-15(3)4)13-18(21)16-5-7-17(19)8-6-16/h5-8,14-15,18,21H,9-13H2,1-4H3. The van der Waals surface area contributed by atoms with Crippen molar-refractivity contribution in [2.75, 3.05) is 19.6 Å². The average Bonchev–Trinajstić information content (AvgIpc) is 2.42. The second-order valence-electron chi connectivity index (χ2n) is 6.73. The highest BCUT2D eigenvalue weighted by molar-refractivity contribution is 6.30. The van der Waals surface area contributed by atoms with Crippen molar-refractivity contribution in [1.82, 2.24) is 4.90 Å². The Bertz CT molecular complexity index is 377. The zero-order chi connectivity index (χ0) is 15.8. The van der Waals surface area contributed by atoms with Crippen LogP contribution in [0, 0.1) is 11.8 Å². The summed E-state index contributed by atoms with van der Waals surface area (Å²) in [5.41, 5.74) is 0.943. The van der Waals surface area contributed by atoms with E-state index in [0.29, 0.717) is 23.4 Å². The van der Waals surface area contributed by atoms with E-state index in [1.54, 1.807) is 0 Å². The van der Waals surface area contributed by atoms with Crippen molar-refractivity contribution in [2.45, 2.75) is 46.6 Å². The van der Waals surface area contributed by atoms with E-state index in [9.17, 15) is 5.11 Å². The fourth-order valence-corrected chi connectivity index (χ4v) is 2.34. The molecule has 0 aliphatic carbocycles. The Hall–Kier alpha value is -0.570. The number of halogens is 1. The number of benzene rings is 1. The van der Waals surface area contributed by atoms with Crippen LogP contribution >= 0.6 is 11.6 Å². The van der Waals surface area contributed by atoms with E-state index in [0.717, 1.165) is 18.7 Å². The minimum atomic E-state index is -0.443. The minimum absolute atomic E-state index is 0.443. The number of hydrogen-bond acceptors (Lipinski definition) is 2. The van der Waals surface area contributed by atoms with Gasteiger partial charge < -0.3 is 10.0 Å². The Balaban J connectivity index is 2.58. The van der Waals surface area contributed by atoms with Crippen LogP contribution in [0.1, 0.15) is 52.2 Å². The van der Waals surface area contributed by atoms with E-state index in [1.165, 1.54) is 12.8 Å². The summed E-state index contributed by atoms with van der Waals surface area (Å²) in [4.78, 5) is 2.39. The number of rotatable bonds is 9. The molecule has 0 aliphatic heterocycles. The number of aliphatic hydroxyl groups is 1. The zero-order valence-electron chi connectivity index (χ0n) is 13.8. The molecule has 120 valence electrons. The molecule has 21 heavy (non-hydrogen) atoms. The predicted octanol–water partition coefficient (Wildman–Crippen LogP) is 4.77. The molecule has 1 aromatic carbocycles. The molecule has 3 heteroatoms. The summed E-state index contributed by atoms with van der Waals surface area (Å²) in [6.07, 6.45) is 1.90. The summed E-state index contributed by atoms with van der Waals surface area (Å²) >= 11 is 5.90. The van der Waals surface area contributed by atoms with Crippen molar-refractivity contribution < 1.29 is 5.11 Å². The van der Waals surface area contributed by atoms with E-state index in [1.807, 2.05) is 24.3 Å². The van der Waals surface area contributed by atoms with Crippen molar-refractivity contribution in [3.8, 4) is 0 Å². The van der Waals surface area contributed by atoms with Crippen LogP contribution in [-0.4, -0.2) is 29.6 Å². The predicted molar refractivity (Wildman–Crippen MR) is 91.8 cm³/mol. The zero-order valence-corrected chi connectivity index (χ0v) is 14.6. The van der Waals surface area contributed by atoms with Crippen LogP contribution in [0.3, 0.4) is 0 Å². The van der Waals surface area contributed by atoms with Gasteiger partial charge in [0.2, 0.25) is 0 Å². The maximum atomic E-state index is 10.4. The molecule has 0 heterocycles. The van der Waals surface area contributed by atoms with Gasteiger partial charge in [-0.25, -0.2) is 0 Å². The van der Waals surface area contributed by atoms with E-state index >= 15 is 0 Å². The van der Waals surface area contributed by atoms with Crippen LogP contribution in [0.5, 0.6) is 0 Å². The summed E-state index contributed by atoms with van der Waals surface area (Å²) in [5.74, 6) is 1.39. The van der Waals surface area contributed by atoms with E-state index in [2.05, 4.69) is 32.6 Å². The first kappa shape index (κ1) is 18.5. The highest BCUT2D eigenvalue weighted by Crippen LogP contribution is 2.18. The highest BCUT2D eigenvalue weighted by Gasteiger charge is 2.14. The van der Waals surface area contributed by atoms with Crippen LogP contribution in [0.25, 0.3) is 0 Å². The lowest BCUT2D eigenvalue weighted by Crippen LogP contribution is -2.32. The molecule has 1 rings (SSSR count). The van der Waals surface area contributed by atoms with E-state index in [4.69, 9.17) is 11.6 Å². The molecule has 0 saturated carbocycles. The molecule has 2 nitrogen and oxygen atoms in total. The second kappa shape index (κ2) is 9.45. The van der Waals surface area contributed by atoms with Gasteiger partial charge in [0.1, 0.15) is 0 Å². The normalized spacial score (nSPS) is 13.4. The first-order chi connectivity index (χ1) is 9.88. The SMILES string of the molecule is CC(C)CCN(CCC(C)C)CC(O)c1ccc(Cl)cc1. The average molecular weight is 312 g/mol. The quantitative estimate of drug-likeness (QED) is 0.710. The van der Waals surface area contributed by atoms with Gasteiger partial charge in [0.05, 0.1) is 6.10 Å². The molecule has 0 spiro atoms. The minimum Gasteiger partial charge on any atom is -0.387 e. The molecule has 0 aromatic heterocycles. The molecule has 0 radical (unpaired) electrons. The molecule has 0 amide bonds. The number of nitrogens with zero attached hydrogens (tertiary/aromatic N) is 1. The van der Waals surface area contributed by atoms with Gasteiger partial charge in [-0.1, -0.05) is 51.4 Å². The summed E-state index contributed by atoms with van der Waals surface area (Å²) < 4.78 is 0. The van der Waals surface area contributed by atoms with Gasteiger partial charge >= 0.3 is 0 Å². The molecule has 0 fully saturated rings. The van der Waals surface area contributed by atoms with E-state index < -0.39 is 6.10 Å². The Kier molecular flexibility index (Phi) is 8.31. The van der Waals surface area contributed by atoms with Gasteiger partial charge in [-0.05, 0) is 55.5 Å². The Morgan fingerprint density at radius 3 is 1.86 bits per heavy atom. The lowest BCUT2D eigenvalue weighted by atomic mass is 10.1. The fourth-order valence-electron chi connectivity index (χ4n) is 2.21. The maximum Gasteiger partial charge on any atom is 0.0916 e. The van der Waals surface area contributed by atoms with Crippen LogP contribution in [-0.2, 0) is 0 Å². The monoisotopic (exact) mass is 311 g/mol. The third-order valence-electron chi connectivity index (χ3n) is 3.73. The molecule has 1 N–H and O–H groups in total. The lowest BCUT2D eigenvalue weighted by molar-refractivity contribution is 0.107. The summed E-state index contributed by atoms with van der Waals surface area (Å²) in [5, 5.41) is 11.1. The molecular weight excluding hydrogens is 282 g/mol. The van der Waals surface area contributed by atoms with Crippen LogP contribution < -0.4 is 0 Å². The van der Waals surface area contributed by atoms with Gasteiger partial charge in [0.15, 0.2) is 0 Å². The van der Waals surface area contributed by atoms with Crippen molar-refractivity contribution in [2.24, 2.45) is 11.8 Å². The molecule has 1 aromatic rings. The Morgan fingerprint density at radius 1 is 0.952 bits per heavy atom.